The predicted octanol–water partition coefficient (Wildman–Crippen LogP) is 2.18. The summed E-state index contributed by atoms with van der Waals surface area (Å²) in [5.41, 5.74) is 0. The molecule has 28 heavy (non-hydrogen) atoms. The third kappa shape index (κ3) is 5.53. The van der Waals surface area contributed by atoms with Gasteiger partial charge in [0.15, 0.2) is 5.82 Å². The summed E-state index contributed by atoms with van der Waals surface area (Å²) in [5.74, 6) is 1.84. The number of hydrogen-bond donors (Lipinski definition) is 0. The van der Waals surface area contributed by atoms with Crippen LogP contribution in [0, 0.1) is 5.92 Å². The lowest BCUT2D eigenvalue weighted by Gasteiger charge is -2.39. The number of ether oxygens (including phenoxy) is 1. The Morgan fingerprint density at radius 1 is 1.25 bits per heavy atom. The van der Waals surface area contributed by atoms with Gasteiger partial charge in [0.1, 0.15) is 6.61 Å². The summed E-state index contributed by atoms with van der Waals surface area (Å²) in [6, 6.07) is 0.0594. The molecule has 0 radical (unpaired) electrons. The monoisotopic (exact) mass is 392 g/mol. The predicted molar refractivity (Wildman–Crippen MR) is 102 cm³/mol. The van der Waals surface area contributed by atoms with Crippen LogP contribution in [0.25, 0.3) is 0 Å². The summed E-state index contributed by atoms with van der Waals surface area (Å²) in [4.78, 5) is 33.1. The van der Waals surface area contributed by atoms with E-state index >= 15 is 0 Å². The van der Waals surface area contributed by atoms with Gasteiger partial charge in [-0.05, 0) is 31.6 Å². The second-order valence-electron chi connectivity index (χ2n) is 7.99. The van der Waals surface area contributed by atoms with Gasteiger partial charge in [-0.2, -0.15) is 4.98 Å². The number of amides is 2. The first-order valence-electron chi connectivity index (χ1n) is 10.4. The fraction of sp³-hybridized carbons (Fsp3) is 0.800. The molecule has 1 saturated heterocycles. The van der Waals surface area contributed by atoms with Crippen molar-refractivity contribution < 1.29 is 18.8 Å². The van der Waals surface area contributed by atoms with E-state index in [0.29, 0.717) is 43.6 Å². The fourth-order valence-electron chi connectivity index (χ4n) is 4.42. The highest BCUT2D eigenvalue weighted by Gasteiger charge is 2.30. The second kappa shape index (κ2) is 10.0. The molecular weight excluding hydrogens is 360 g/mol. The van der Waals surface area contributed by atoms with Crippen molar-refractivity contribution in [1.82, 2.24) is 19.9 Å². The lowest BCUT2D eigenvalue weighted by Crippen LogP contribution is -2.52. The molecular formula is C20H32N4O4. The van der Waals surface area contributed by atoms with Crippen LogP contribution < -0.4 is 0 Å². The van der Waals surface area contributed by atoms with Crippen LogP contribution in [0.1, 0.15) is 63.6 Å². The van der Waals surface area contributed by atoms with Crippen LogP contribution in [-0.4, -0.2) is 64.5 Å². The van der Waals surface area contributed by atoms with Crippen LogP contribution in [-0.2, 0) is 27.4 Å². The molecule has 2 heterocycles. The summed E-state index contributed by atoms with van der Waals surface area (Å²) < 4.78 is 10.1. The Morgan fingerprint density at radius 3 is 2.75 bits per heavy atom. The molecule has 156 valence electrons. The summed E-state index contributed by atoms with van der Waals surface area (Å²) >= 11 is 0. The molecule has 1 aliphatic carbocycles. The minimum Gasteiger partial charge on any atom is -0.375 e. The lowest BCUT2D eigenvalue weighted by atomic mass is 9.99. The number of rotatable bonds is 8. The van der Waals surface area contributed by atoms with Crippen molar-refractivity contribution in [3.05, 3.63) is 11.7 Å². The van der Waals surface area contributed by atoms with E-state index in [-0.39, 0.29) is 24.5 Å². The lowest BCUT2D eigenvalue weighted by molar-refractivity contribution is -0.139. The zero-order valence-electron chi connectivity index (χ0n) is 17.1. The van der Waals surface area contributed by atoms with Crippen molar-refractivity contribution in [3.63, 3.8) is 0 Å². The summed E-state index contributed by atoms with van der Waals surface area (Å²) in [6.07, 6.45) is 7.91. The van der Waals surface area contributed by atoms with Crippen molar-refractivity contribution in [2.45, 2.75) is 70.9 Å². The standard InChI is InChI=1S/C20H32N4O4/c1-15(25)24(11-9-18-21-19(14-27-2)28-22-18)17-8-5-10-23(13-17)20(26)12-16-6-3-4-7-16/h16-17H,3-14H2,1-2H3. The van der Waals surface area contributed by atoms with Gasteiger partial charge in [0, 0.05) is 52.6 Å². The van der Waals surface area contributed by atoms with Gasteiger partial charge in [-0.1, -0.05) is 18.0 Å². The van der Waals surface area contributed by atoms with E-state index in [2.05, 4.69) is 10.1 Å². The molecule has 1 aromatic heterocycles. The van der Waals surface area contributed by atoms with E-state index in [4.69, 9.17) is 9.26 Å². The number of carbonyl (C=O) groups is 2. The SMILES string of the molecule is COCc1nc(CCN(C(C)=O)C2CCCN(C(=O)CC3CCCC3)C2)no1. The highest BCUT2D eigenvalue weighted by Crippen LogP contribution is 2.29. The van der Waals surface area contributed by atoms with Crippen molar-refractivity contribution in [1.29, 1.82) is 0 Å². The van der Waals surface area contributed by atoms with E-state index in [1.807, 2.05) is 9.80 Å². The number of hydrogen-bond acceptors (Lipinski definition) is 6. The molecule has 0 bridgehead atoms. The van der Waals surface area contributed by atoms with Crippen LogP contribution in [0.2, 0.25) is 0 Å². The first-order valence-corrected chi connectivity index (χ1v) is 10.4. The average molecular weight is 393 g/mol. The van der Waals surface area contributed by atoms with Gasteiger partial charge in [0.25, 0.3) is 5.89 Å². The molecule has 3 rings (SSSR count). The fourth-order valence-corrected chi connectivity index (χ4v) is 4.42. The maximum atomic E-state index is 12.7. The Hall–Kier alpha value is -1.96. The minimum atomic E-state index is 0.0238. The molecule has 0 aromatic carbocycles. The van der Waals surface area contributed by atoms with E-state index < -0.39 is 0 Å². The maximum Gasteiger partial charge on any atom is 0.252 e. The van der Waals surface area contributed by atoms with Gasteiger partial charge in [0.05, 0.1) is 0 Å². The van der Waals surface area contributed by atoms with Gasteiger partial charge in [-0.25, -0.2) is 0 Å². The number of carbonyl (C=O) groups excluding carboxylic acids is 2. The Balaban J connectivity index is 1.54. The van der Waals surface area contributed by atoms with Gasteiger partial charge in [-0.15, -0.1) is 0 Å². The first-order chi connectivity index (χ1) is 13.6. The van der Waals surface area contributed by atoms with Crippen molar-refractivity contribution in [2.24, 2.45) is 5.92 Å². The van der Waals surface area contributed by atoms with Gasteiger partial charge < -0.3 is 19.1 Å². The number of methoxy groups -OCH3 is 1. The molecule has 1 unspecified atom stereocenters. The quantitative estimate of drug-likeness (QED) is 0.674. The molecule has 1 aliphatic heterocycles. The second-order valence-corrected chi connectivity index (χ2v) is 7.99. The van der Waals surface area contributed by atoms with Crippen LogP contribution in [0.3, 0.4) is 0 Å². The smallest absolute Gasteiger partial charge is 0.252 e. The average Bonchev–Trinajstić information content (AvgIpc) is 3.34. The van der Waals surface area contributed by atoms with Crippen LogP contribution >= 0.6 is 0 Å². The first kappa shape index (κ1) is 20.8. The molecule has 1 aromatic rings. The van der Waals surface area contributed by atoms with Crippen molar-refractivity contribution in [3.8, 4) is 0 Å². The summed E-state index contributed by atoms with van der Waals surface area (Å²) in [6.45, 7) is 3.83. The van der Waals surface area contributed by atoms with E-state index in [9.17, 15) is 9.59 Å². The normalized spacial score (nSPS) is 20.5. The Morgan fingerprint density at radius 2 is 2.04 bits per heavy atom. The van der Waals surface area contributed by atoms with E-state index in [1.165, 1.54) is 25.7 Å². The molecule has 8 nitrogen and oxygen atoms in total. The molecule has 0 N–H and O–H groups in total. The van der Waals surface area contributed by atoms with Crippen LogP contribution in [0.5, 0.6) is 0 Å². The van der Waals surface area contributed by atoms with Gasteiger partial charge in [0.2, 0.25) is 11.8 Å². The molecule has 2 aliphatic rings. The van der Waals surface area contributed by atoms with Gasteiger partial charge >= 0.3 is 0 Å². The minimum absolute atomic E-state index is 0.0238. The third-order valence-corrected chi connectivity index (χ3v) is 5.89. The van der Waals surface area contributed by atoms with Crippen molar-refractivity contribution >= 4 is 11.8 Å². The largest absolute Gasteiger partial charge is 0.375 e. The highest BCUT2D eigenvalue weighted by molar-refractivity contribution is 5.77. The maximum absolute atomic E-state index is 12.7. The van der Waals surface area contributed by atoms with Crippen molar-refractivity contribution in [2.75, 3.05) is 26.7 Å². The topological polar surface area (TPSA) is 88.8 Å². The third-order valence-electron chi connectivity index (χ3n) is 5.89. The molecule has 1 atom stereocenters. The summed E-state index contributed by atoms with van der Waals surface area (Å²) in [7, 11) is 1.57. The number of aromatic nitrogens is 2. The van der Waals surface area contributed by atoms with Gasteiger partial charge in [-0.3, -0.25) is 9.59 Å². The highest BCUT2D eigenvalue weighted by atomic mass is 16.5. The molecule has 0 spiro atoms. The molecule has 1 saturated carbocycles. The number of nitrogens with zero attached hydrogens (tertiary/aromatic N) is 4. The number of piperidine rings is 1. The zero-order valence-corrected chi connectivity index (χ0v) is 17.1. The van der Waals surface area contributed by atoms with E-state index in [1.54, 1.807) is 14.0 Å². The molecule has 8 heteroatoms. The van der Waals surface area contributed by atoms with Crippen LogP contribution in [0.15, 0.2) is 4.52 Å². The Kier molecular flexibility index (Phi) is 7.42. The van der Waals surface area contributed by atoms with Crippen LogP contribution in [0.4, 0.5) is 0 Å². The molecule has 2 fully saturated rings. The van der Waals surface area contributed by atoms with E-state index in [0.717, 1.165) is 19.4 Å². The number of likely N-dealkylation sites (tertiary alicyclic amines) is 1. The summed E-state index contributed by atoms with van der Waals surface area (Å²) in [5, 5.41) is 3.94. The Labute approximate surface area is 166 Å². The Bertz CT molecular complexity index is 656. The molecule has 2 amide bonds. The zero-order chi connectivity index (χ0) is 19.9.